The second kappa shape index (κ2) is 5.75. The van der Waals surface area contributed by atoms with Gasteiger partial charge in [-0.2, -0.15) is 0 Å². The molecule has 1 aromatic rings. The molecule has 1 unspecified atom stereocenters. The van der Waals surface area contributed by atoms with Crippen LogP contribution in [0.15, 0.2) is 4.42 Å². The second-order valence-corrected chi connectivity index (χ2v) is 3.46. The van der Waals surface area contributed by atoms with Crippen molar-refractivity contribution in [1.82, 2.24) is 15.5 Å². The van der Waals surface area contributed by atoms with Crippen LogP contribution in [0, 0.1) is 0 Å². The third kappa shape index (κ3) is 3.10. The van der Waals surface area contributed by atoms with E-state index >= 15 is 0 Å². The summed E-state index contributed by atoms with van der Waals surface area (Å²) in [5.41, 5.74) is 0. The zero-order valence-electron chi connectivity index (χ0n) is 9.21. The molecule has 80 valence electrons. The molecule has 0 spiro atoms. The number of nitrogens with one attached hydrogen (secondary N) is 1. The average molecular weight is 197 g/mol. The molecule has 1 N–H and O–H groups in total. The first-order valence-electron chi connectivity index (χ1n) is 5.33. The van der Waals surface area contributed by atoms with Crippen LogP contribution in [0.25, 0.3) is 0 Å². The minimum absolute atomic E-state index is 0.160. The third-order valence-corrected chi connectivity index (χ3v) is 2.02. The molecule has 0 saturated heterocycles. The molecule has 0 saturated carbocycles. The molecule has 4 nitrogen and oxygen atoms in total. The first-order chi connectivity index (χ1) is 6.77. The summed E-state index contributed by atoms with van der Waals surface area (Å²) < 4.78 is 5.50. The van der Waals surface area contributed by atoms with Gasteiger partial charge in [0, 0.05) is 6.42 Å². The Kier molecular flexibility index (Phi) is 4.59. The Morgan fingerprint density at radius 3 is 2.71 bits per heavy atom. The maximum atomic E-state index is 5.50. The molecule has 0 fully saturated rings. The van der Waals surface area contributed by atoms with Crippen molar-refractivity contribution in [3.63, 3.8) is 0 Å². The van der Waals surface area contributed by atoms with Crippen LogP contribution >= 0.6 is 0 Å². The molecule has 0 aliphatic rings. The molecule has 1 aromatic heterocycles. The largest absolute Gasteiger partial charge is 0.424 e. The van der Waals surface area contributed by atoms with Gasteiger partial charge in [0.1, 0.15) is 0 Å². The fourth-order valence-corrected chi connectivity index (χ4v) is 1.20. The van der Waals surface area contributed by atoms with Gasteiger partial charge in [-0.3, -0.25) is 0 Å². The molecule has 1 atom stereocenters. The summed E-state index contributed by atoms with van der Waals surface area (Å²) >= 11 is 0. The van der Waals surface area contributed by atoms with Gasteiger partial charge in [-0.15, -0.1) is 10.2 Å². The summed E-state index contributed by atoms with van der Waals surface area (Å²) in [7, 11) is 0. The fourth-order valence-electron chi connectivity index (χ4n) is 1.20. The first kappa shape index (κ1) is 11.2. The molecular formula is C10H19N3O. The molecule has 0 aliphatic carbocycles. The van der Waals surface area contributed by atoms with E-state index in [1.807, 2.05) is 6.92 Å². The van der Waals surface area contributed by atoms with E-state index in [0.717, 1.165) is 31.7 Å². The number of aromatic nitrogens is 2. The van der Waals surface area contributed by atoms with Gasteiger partial charge in [-0.05, 0) is 26.3 Å². The van der Waals surface area contributed by atoms with Crippen molar-refractivity contribution in [1.29, 1.82) is 0 Å². The van der Waals surface area contributed by atoms with Crippen molar-refractivity contribution in [3.05, 3.63) is 11.8 Å². The highest BCUT2D eigenvalue weighted by Gasteiger charge is 2.11. The van der Waals surface area contributed by atoms with Gasteiger partial charge in [0.2, 0.25) is 11.8 Å². The average Bonchev–Trinajstić information content (AvgIpc) is 2.63. The number of nitrogens with zero attached hydrogens (tertiary/aromatic N) is 2. The summed E-state index contributed by atoms with van der Waals surface area (Å²) in [6.07, 6.45) is 3.02. The summed E-state index contributed by atoms with van der Waals surface area (Å²) in [5, 5.41) is 11.3. The fraction of sp³-hybridized carbons (Fsp3) is 0.800. The van der Waals surface area contributed by atoms with Crippen LogP contribution in [-0.4, -0.2) is 16.7 Å². The van der Waals surface area contributed by atoms with Crippen LogP contribution in [0.5, 0.6) is 0 Å². The molecule has 14 heavy (non-hydrogen) atoms. The lowest BCUT2D eigenvalue weighted by molar-refractivity contribution is 0.392. The minimum atomic E-state index is 0.160. The van der Waals surface area contributed by atoms with E-state index in [-0.39, 0.29) is 6.04 Å². The monoisotopic (exact) mass is 197 g/mol. The van der Waals surface area contributed by atoms with Crippen LogP contribution in [0.3, 0.4) is 0 Å². The highest BCUT2D eigenvalue weighted by molar-refractivity contribution is 4.87. The van der Waals surface area contributed by atoms with Crippen LogP contribution in [-0.2, 0) is 6.42 Å². The van der Waals surface area contributed by atoms with Gasteiger partial charge in [0.05, 0.1) is 6.04 Å². The predicted octanol–water partition coefficient (Wildman–Crippen LogP) is 2.08. The van der Waals surface area contributed by atoms with E-state index < -0.39 is 0 Å². The summed E-state index contributed by atoms with van der Waals surface area (Å²) in [6.45, 7) is 7.25. The topological polar surface area (TPSA) is 51.0 Å². The zero-order valence-corrected chi connectivity index (χ0v) is 9.21. The Balaban J connectivity index is 2.48. The molecular weight excluding hydrogens is 178 g/mol. The molecule has 0 aromatic carbocycles. The Bertz CT molecular complexity index is 260. The Morgan fingerprint density at radius 1 is 1.29 bits per heavy atom. The van der Waals surface area contributed by atoms with Crippen molar-refractivity contribution in [3.8, 4) is 0 Å². The lowest BCUT2D eigenvalue weighted by atomic mass is 10.3. The molecule has 0 bridgehead atoms. The van der Waals surface area contributed by atoms with Crippen molar-refractivity contribution in [2.45, 2.75) is 46.1 Å². The maximum Gasteiger partial charge on any atom is 0.233 e. The first-order valence-corrected chi connectivity index (χ1v) is 5.33. The van der Waals surface area contributed by atoms with Gasteiger partial charge in [0.15, 0.2) is 0 Å². The third-order valence-electron chi connectivity index (χ3n) is 2.02. The van der Waals surface area contributed by atoms with Gasteiger partial charge >= 0.3 is 0 Å². The maximum absolute atomic E-state index is 5.50. The summed E-state index contributed by atoms with van der Waals surface area (Å²) in [4.78, 5) is 0. The number of aryl methyl sites for hydroxylation is 1. The Morgan fingerprint density at radius 2 is 2.07 bits per heavy atom. The van der Waals surface area contributed by atoms with Gasteiger partial charge in [-0.25, -0.2) is 0 Å². The lowest BCUT2D eigenvalue weighted by Gasteiger charge is -2.07. The van der Waals surface area contributed by atoms with Gasteiger partial charge in [-0.1, -0.05) is 13.8 Å². The van der Waals surface area contributed by atoms with Crippen molar-refractivity contribution in [2.24, 2.45) is 0 Å². The van der Waals surface area contributed by atoms with E-state index in [2.05, 4.69) is 29.4 Å². The van der Waals surface area contributed by atoms with E-state index in [0.29, 0.717) is 5.89 Å². The highest BCUT2D eigenvalue weighted by Crippen LogP contribution is 2.11. The van der Waals surface area contributed by atoms with E-state index in [4.69, 9.17) is 4.42 Å². The lowest BCUT2D eigenvalue weighted by Crippen LogP contribution is -2.19. The van der Waals surface area contributed by atoms with Crippen molar-refractivity contribution < 1.29 is 4.42 Å². The van der Waals surface area contributed by atoms with E-state index in [1.165, 1.54) is 0 Å². The standard InChI is InChI=1S/C10H19N3O/c1-4-6-9-12-13-10(14-9)8(3)11-7-5-2/h8,11H,4-7H2,1-3H3. The molecule has 1 heterocycles. The predicted molar refractivity (Wildman–Crippen MR) is 55.0 cm³/mol. The Hall–Kier alpha value is -0.900. The highest BCUT2D eigenvalue weighted by atomic mass is 16.4. The number of hydrogen-bond acceptors (Lipinski definition) is 4. The van der Waals surface area contributed by atoms with Crippen molar-refractivity contribution >= 4 is 0 Å². The smallest absolute Gasteiger partial charge is 0.233 e. The van der Waals surface area contributed by atoms with Crippen LogP contribution < -0.4 is 5.32 Å². The quantitative estimate of drug-likeness (QED) is 0.758. The van der Waals surface area contributed by atoms with Crippen molar-refractivity contribution in [2.75, 3.05) is 6.54 Å². The SMILES string of the molecule is CCCNC(C)c1nnc(CCC)o1. The normalized spacial score (nSPS) is 13.1. The van der Waals surface area contributed by atoms with E-state index in [9.17, 15) is 0 Å². The summed E-state index contributed by atoms with van der Waals surface area (Å²) in [6, 6.07) is 0.160. The summed E-state index contributed by atoms with van der Waals surface area (Å²) in [5.74, 6) is 1.44. The zero-order chi connectivity index (χ0) is 10.4. The van der Waals surface area contributed by atoms with Gasteiger partial charge < -0.3 is 9.73 Å². The molecule has 4 heteroatoms. The van der Waals surface area contributed by atoms with E-state index in [1.54, 1.807) is 0 Å². The molecule has 0 aliphatic heterocycles. The van der Waals surface area contributed by atoms with Gasteiger partial charge in [0.25, 0.3) is 0 Å². The minimum Gasteiger partial charge on any atom is -0.424 e. The number of rotatable bonds is 6. The Labute approximate surface area is 85.1 Å². The molecule has 1 rings (SSSR count). The van der Waals surface area contributed by atoms with Crippen LogP contribution in [0.4, 0.5) is 0 Å². The van der Waals surface area contributed by atoms with Crippen LogP contribution in [0.2, 0.25) is 0 Å². The second-order valence-electron chi connectivity index (χ2n) is 3.46. The number of hydrogen-bond donors (Lipinski definition) is 1. The van der Waals surface area contributed by atoms with Crippen LogP contribution in [0.1, 0.15) is 51.4 Å². The molecule has 0 amide bonds. The molecule has 0 radical (unpaired) electrons.